The average molecular weight is 184 g/mol. The van der Waals surface area contributed by atoms with E-state index in [2.05, 4.69) is 27.7 Å². The molecule has 0 fully saturated rings. The molecule has 0 unspecified atom stereocenters. The average Bonchev–Trinajstić information content (AvgIpc) is 2.11. The van der Waals surface area contributed by atoms with E-state index in [4.69, 9.17) is 4.74 Å². The molecular weight excluding hydrogens is 160 g/mol. The molecule has 0 aliphatic rings. The van der Waals surface area contributed by atoms with Gasteiger partial charge in [-0.25, -0.2) is 0 Å². The summed E-state index contributed by atoms with van der Waals surface area (Å²) >= 11 is 0. The lowest BCUT2D eigenvalue weighted by atomic mass is 10.1. The number of allylic oxidation sites excluding steroid dienone is 1. The highest BCUT2D eigenvalue weighted by atomic mass is 16.5. The van der Waals surface area contributed by atoms with E-state index in [9.17, 15) is 0 Å². The summed E-state index contributed by atoms with van der Waals surface area (Å²) < 4.78 is 5.47. The van der Waals surface area contributed by atoms with Crippen molar-refractivity contribution in [1.82, 2.24) is 0 Å². The maximum Gasteiger partial charge on any atom is 0.0873 e. The maximum atomic E-state index is 5.47. The van der Waals surface area contributed by atoms with E-state index in [-0.39, 0.29) is 0 Å². The van der Waals surface area contributed by atoms with Gasteiger partial charge in [-0.15, -0.1) is 0 Å². The van der Waals surface area contributed by atoms with Gasteiger partial charge in [-0.05, 0) is 37.2 Å². The molecule has 0 aliphatic heterocycles. The molecule has 0 saturated carbocycles. The Morgan fingerprint density at radius 3 is 2.31 bits per heavy atom. The Bertz CT molecular complexity index is 130. The van der Waals surface area contributed by atoms with Gasteiger partial charge in [-0.3, -0.25) is 0 Å². The van der Waals surface area contributed by atoms with Crippen molar-refractivity contribution < 1.29 is 4.74 Å². The van der Waals surface area contributed by atoms with Crippen molar-refractivity contribution in [2.45, 2.75) is 53.4 Å². The van der Waals surface area contributed by atoms with Crippen molar-refractivity contribution in [3.05, 3.63) is 11.8 Å². The molecule has 0 aromatic carbocycles. The summed E-state index contributed by atoms with van der Waals surface area (Å²) in [5.74, 6) is 0.796. The number of ether oxygens (including phenoxy) is 1. The maximum absolute atomic E-state index is 5.47. The van der Waals surface area contributed by atoms with Gasteiger partial charge in [0.15, 0.2) is 0 Å². The fourth-order valence-corrected chi connectivity index (χ4v) is 1.17. The smallest absolute Gasteiger partial charge is 0.0873 e. The summed E-state index contributed by atoms with van der Waals surface area (Å²) in [6.07, 6.45) is 6.61. The lowest BCUT2D eigenvalue weighted by Crippen LogP contribution is -1.93. The zero-order chi connectivity index (χ0) is 10.1. The van der Waals surface area contributed by atoms with Gasteiger partial charge in [0.2, 0.25) is 0 Å². The van der Waals surface area contributed by atoms with Crippen LogP contribution in [-0.4, -0.2) is 6.61 Å². The molecule has 0 bridgehead atoms. The Hall–Kier alpha value is -0.460. The largest absolute Gasteiger partial charge is 0.501 e. The highest BCUT2D eigenvalue weighted by molar-refractivity contribution is 4.95. The van der Waals surface area contributed by atoms with E-state index in [1.54, 1.807) is 0 Å². The first kappa shape index (κ1) is 12.5. The number of hydrogen-bond acceptors (Lipinski definition) is 1. The van der Waals surface area contributed by atoms with Gasteiger partial charge in [-0.2, -0.15) is 0 Å². The molecule has 0 atom stereocenters. The molecule has 0 radical (unpaired) electrons. The fraction of sp³-hybridized carbons (Fsp3) is 0.833. The van der Waals surface area contributed by atoms with Crippen LogP contribution in [0.4, 0.5) is 0 Å². The zero-order valence-corrected chi connectivity index (χ0v) is 9.60. The molecule has 0 heterocycles. The molecule has 1 heteroatoms. The highest BCUT2D eigenvalue weighted by Gasteiger charge is 1.93. The van der Waals surface area contributed by atoms with E-state index >= 15 is 0 Å². The third-order valence-corrected chi connectivity index (χ3v) is 2.20. The van der Waals surface area contributed by atoms with Crippen LogP contribution in [0.25, 0.3) is 0 Å². The molecule has 13 heavy (non-hydrogen) atoms. The Labute approximate surface area is 83.2 Å². The molecule has 0 aliphatic carbocycles. The molecule has 0 amide bonds. The highest BCUT2D eigenvalue weighted by Crippen LogP contribution is 2.07. The summed E-state index contributed by atoms with van der Waals surface area (Å²) in [4.78, 5) is 0. The van der Waals surface area contributed by atoms with E-state index in [0.29, 0.717) is 0 Å². The first-order valence-corrected chi connectivity index (χ1v) is 5.50. The second-order valence-corrected chi connectivity index (χ2v) is 3.89. The van der Waals surface area contributed by atoms with Crippen molar-refractivity contribution in [2.24, 2.45) is 5.92 Å². The molecule has 0 aromatic heterocycles. The van der Waals surface area contributed by atoms with Gasteiger partial charge in [0.05, 0.1) is 12.9 Å². The molecule has 78 valence electrons. The molecular formula is C12H24O. The molecule has 0 saturated heterocycles. The second kappa shape index (κ2) is 8.15. The lowest BCUT2D eigenvalue weighted by molar-refractivity contribution is 0.232. The SMILES string of the molecule is CCC(=COCCCC(C)C)CC. The molecule has 0 aromatic rings. The van der Waals surface area contributed by atoms with Crippen LogP contribution in [0.15, 0.2) is 11.8 Å². The summed E-state index contributed by atoms with van der Waals surface area (Å²) in [6, 6.07) is 0. The Morgan fingerprint density at radius 2 is 1.85 bits per heavy atom. The standard InChI is InChI=1S/C12H24O/c1-5-12(6-2)10-13-9-7-8-11(3)4/h10-11H,5-9H2,1-4H3. The number of rotatable bonds is 7. The monoisotopic (exact) mass is 184 g/mol. The van der Waals surface area contributed by atoms with Crippen LogP contribution < -0.4 is 0 Å². The van der Waals surface area contributed by atoms with Gasteiger partial charge in [0.25, 0.3) is 0 Å². The minimum atomic E-state index is 0.796. The van der Waals surface area contributed by atoms with Gasteiger partial charge in [-0.1, -0.05) is 27.7 Å². The van der Waals surface area contributed by atoms with Gasteiger partial charge in [0.1, 0.15) is 0 Å². The molecule has 1 nitrogen and oxygen atoms in total. The van der Waals surface area contributed by atoms with Crippen molar-refractivity contribution in [2.75, 3.05) is 6.61 Å². The van der Waals surface area contributed by atoms with Crippen LogP contribution in [0, 0.1) is 5.92 Å². The zero-order valence-electron chi connectivity index (χ0n) is 9.60. The minimum absolute atomic E-state index is 0.796. The van der Waals surface area contributed by atoms with Crippen LogP contribution in [0.3, 0.4) is 0 Å². The summed E-state index contributed by atoms with van der Waals surface area (Å²) in [6.45, 7) is 9.72. The van der Waals surface area contributed by atoms with Crippen LogP contribution >= 0.6 is 0 Å². The van der Waals surface area contributed by atoms with E-state index in [0.717, 1.165) is 25.4 Å². The molecule has 0 rings (SSSR count). The Kier molecular flexibility index (Phi) is 7.86. The summed E-state index contributed by atoms with van der Waals surface area (Å²) in [7, 11) is 0. The van der Waals surface area contributed by atoms with Crippen LogP contribution in [0.2, 0.25) is 0 Å². The fourth-order valence-electron chi connectivity index (χ4n) is 1.17. The Morgan fingerprint density at radius 1 is 1.23 bits per heavy atom. The van der Waals surface area contributed by atoms with E-state index < -0.39 is 0 Å². The second-order valence-electron chi connectivity index (χ2n) is 3.89. The van der Waals surface area contributed by atoms with E-state index in [1.165, 1.54) is 18.4 Å². The van der Waals surface area contributed by atoms with Crippen molar-refractivity contribution in [3.8, 4) is 0 Å². The first-order valence-electron chi connectivity index (χ1n) is 5.50. The van der Waals surface area contributed by atoms with Crippen molar-refractivity contribution >= 4 is 0 Å². The molecule has 0 N–H and O–H groups in total. The van der Waals surface area contributed by atoms with Crippen molar-refractivity contribution in [3.63, 3.8) is 0 Å². The van der Waals surface area contributed by atoms with E-state index in [1.807, 2.05) is 6.26 Å². The third kappa shape index (κ3) is 7.89. The van der Waals surface area contributed by atoms with Gasteiger partial charge < -0.3 is 4.74 Å². The van der Waals surface area contributed by atoms with Crippen molar-refractivity contribution in [1.29, 1.82) is 0 Å². The normalized spacial score (nSPS) is 10.2. The Balaban J connectivity index is 3.37. The third-order valence-electron chi connectivity index (χ3n) is 2.20. The minimum Gasteiger partial charge on any atom is -0.501 e. The quantitative estimate of drug-likeness (QED) is 0.427. The predicted octanol–water partition coefficient (Wildman–Crippen LogP) is 4.14. The van der Waals surface area contributed by atoms with Crippen LogP contribution in [0.5, 0.6) is 0 Å². The summed E-state index contributed by atoms with van der Waals surface area (Å²) in [5.41, 5.74) is 1.41. The van der Waals surface area contributed by atoms with Crippen LogP contribution in [-0.2, 0) is 4.74 Å². The van der Waals surface area contributed by atoms with Gasteiger partial charge in [0, 0.05) is 0 Å². The van der Waals surface area contributed by atoms with Gasteiger partial charge >= 0.3 is 0 Å². The lowest BCUT2D eigenvalue weighted by Gasteiger charge is -2.05. The predicted molar refractivity (Wildman–Crippen MR) is 58.7 cm³/mol. The molecule has 0 spiro atoms. The van der Waals surface area contributed by atoms with Crippen LogP contribution in [0.1, 0.15) is 53.4 Å². The topological polar surface area (TPSA) is 9.23 Å². The number of hydrogen-bond donors (Lipinski definition) is 0. The first-order chi connectivity index (χ1) is 6.20. The summed E-state index contributed by atoms with van der Waals surface area (Å²) in [5, 5.41) is 0.